The molecule has 0 aliphatic carbocycles. The van der Waals surface area contributed by atoms with Crippen molar-refractivity contribution in [3.05, 3.63) is 71.1 Å². The summed E-state index contributed by atoms with van der Waals surface area (Å²) in [6, 6.07) is 11.1. The predicted molar refractivity (Wildman–Crippen MR) is 144 cm³/mol. The van der Waals surface area contributed by atoms with E-state index in [1.54, 1.807) is 31.2 Å². The van der Waals surface area contributed by atoms with Crippen LogP contribution in [0.1, 0.15) is 31.0 Å². The number of carbonyl (C=O) groups is 2. The third kappa shape index (κ3) is 7.55. The zero-order valence-corrected chi connectivity index (χ0v) is 24.2. The number of sulfonamides is 1. The molecular formula is C26H27F3N6O8S. The molecule has 2 aromatic carbocycles. The van der Waals surface area contributed by atoms with Gasteiger partial charge in [-0.1, -0.05) is 29.8 Å². The number of hydrogen-bond donors (Lipinski definition) is 1. The summed E-state index contributed by atoms with van der Waals surface area (Å²) in [5, 5.41) is 20.1. The Balaban J connectivity index is 1.48. The number of amides is 1. The number of ether oxygens (including phenoxy) is 2. The number of hydrazine groups is 1. The SMILES string of the molecule is CCOC(=O)OCO/N=[N+](\[O-])N1CCC[C@H]1C(=O)NS(=O)(=O)c1ccc(-n2nc(C(F)(F)F)cc2-c2ccc(C)cc2)cc1. The molecule has 1 N–H and O–H groups in total. The summed E-state index contributed by atoms with van der Waals surface area (Å²) >= 11 is 0. The molecule has 2 heterocycles. The number of aromatic nitrogens is 2. The highest BCUT2D eigenvalue weighted by Crippen LogP contribution is 2.33. The number of nitrogens with one attached hydrogen (secondary N) is 1. The van der Waals surface area contributed by atoms with Crippen molar-refractivity contribution in [1.82, 2.24) is 19.5 Å². The van der Waals surface area contributed by atoms with Gasteiger partial charge < -0.3 is 19.5 Å². The highest BCUT2D eigenvalue weighted by molar-refractivity contribution is 7.90. The maximum absolute atomic E-state index is 13.5. The highest BCUT2D eigenvalue weighted by atomic mass is 32.2. The van der Waals surface area contributed by atoms with Crippen LogP contribution in [0.5, 0.6) is 0 Å². The van der Waals surface area contributed by atoms with E-state index in [9.17, 15) is 36.4 Å². The van der Waals surface area contributed by atoms with Crippen LogP contribution in [-0.4, -0.2) is 66.2 Å². The van der Waals surface area contributed by atoms with Crippen LogP contribution in [0.3, 0.4) is 0 Å². The normalized spacial score (nSPS) is 15.6. The number of benzene rings is 2. The zero-order chi connectivity index (χ0) is 32.1. The van der Waals surface area contributed by atoms with E-state index >= 15 is 0 Å². The lowest BCUT2D eigenvalue weighted by Gasteiger charge is -2.19. The van der Waals surface area contributed by atoms with E-state index < -0.39 is 46.8 Å². The monoisotopic (exact) mass is 640 g/mol. The van der Waals surface area contributed by atoms with Gasteiger partial charge in [-0.05, 0) is 57.0 Å². The predicted octanol–water partition coefficient (Wildman–Crippen LogP) is 4.08. The number of halogens is 3. The molecule has 1 aromatic heterocycles. The molecule has 4 rings (SSSR count). The van der Waals surface area contributed by atoms with Gasteiger partial charge >= 0.3 is 12.3 Å². The lowest BCUT2D eigenvalue weighted by atomic mass is 10.1. The Bertz CT molecular complexity index is 1630. The van der Waals surface area contributed by atoms with Crippen molar-refractivity contribution in [3.63, 3.8) is 0 Å². The molecule has 0 saturated carbocycles. The maximum atomic E-state index is 13.5. The molecule has 1 atom stereocenters. The fraction of sp³-hybridized carbons (Fsp3) is 0.346. The lowest BCUT2D eigenvalue weighted by Crippen LogP contribution is -2.47. The molecule has 0 unspecified atom stereocenters. The number of aryl methyl sites for hydroxylation is 1. The fourth-order valence-electron chi connectivity index (χ4n) is 4.25. The second kappa shape index (κ2) is 13.2. The number of hydrogen-bond acceptors (Lipinski definition) is 10. The van der Waals surface area contributed by atoms with Gasteiger partial charge in [-0.15, -0.1) is 5.01 Å². The van der Waals surface area contributed by atoms with Crippen LogP contribution in [0.2, 0.25) is 0 Å². The Hall–Kier alpha value is -4.87. The zero-order valence-electron chi connectivity index (χ0n) is 23.4. The van der Waals surface area contributed by atoms with Gasteiger partial charge in [-0.2, -0.15) is 18.3 Å². The van der Waals surface area contributed by atoms with Gasteiger partial charge in [0.2, 0.25) is 5.28 Å². The molecule has 1 aliphatic rings. The molecule has 0 bridgehead atoms. The number of carbonyl (C=O) groups excluding carboxylic acids is 2. The molecule has 0 spiro atoms. The van der Waals surface area contributed by atoms with E-state index in [1.807, 2.05) is 11.6 Å². The summed E-state index contributed by atoms with van der Waals surface area (Å²) in [4.78, 5) is 28.2. The van der Waals surface area contributed by atoms with Crippen LogP contribution < -0.4 is 4.72 Å². The maximum Gasteiger partial charge on any atom is 0.511 e. The van der Waals surface area contributed by atoms with E-state index in [0.29, 0.717) is 12.0 Å². The number of nitrogens with zero attached hydrogens (tertiary/aromatic N) is 5. The molecule has 14 nitrogen and oxygen atoms in total. The number of alkyl halides is 3. The summed E-state index contributed by atoms with van der Waals surface area (Å²) < 4.78 is 78.4. The Morgan fingerprint density at radius 3 is 2.45 bits per heavy atom. The smallest absolute Gasteiger partial charge is 0.511 e. The van der Waals surface area contributed by atoms with E-state index in [1.165, 1.54) is 12.1 Å². The molecule has 0 radical (unpaired) electrons. The average molecular weight is 641 g/mol. The summed E-state index contributed by atoms with van der Waals surface area (Å²) in [6.45, 7) is 2.75. The molecule has 3 aromatic rings. The molecule has 44 heavy (non-hydrogen) atoms. The second-order valence-electron chi connectivity index (χ2n) is 9.38. The minimum atomic E-state index is -4.72. The largest absolute Gasteiger partial charge is 0.569 e. The van der Waals surface area contributed by atoms with Crippen molar-refractivity contribution in [2.24, 2.45) is 5.28 Å². The van der Waals surface area contributed by atoms with E-state index in [0.717, 1.165) is 33.5 Å². The first-order chi connectivity index (χ1) is 20.8. The van der Waals surface area contributed by atoms with Crippen molar-refractivity contribution in [1.29, 1.82) is 0 Å². The molecular weight excluding hydrogens is 613 g/mol. The van der Waals surface area contributed by atoms with E-state index in [4.69, 9.17) is 0 Å². The fourth-order valence-corrected chi connectivity index (χ4v) is 5.26. The van der Waals surface area contributed by atoms with Crippen LogP contribution >= 0.6 is 0 Å². The summed E-state index contributed by atoms with van der Waals surface area (Å²) in [7, 11) is -4.46. The lowest BCUT2D eigenvalue weighted by molar-refractivity contribution is -0.712. The molecule has 18 heteroatoms. The second-order valence-corrected chi connectivity index (χ2v) is 11.1. The minimum absolute atomic E-state index is 0.0506. The van der Waals surface area contributed by atoms with E-state index in [-0.39, 0.29) is 40.8 Å². The summed E-state index contributed by atoms with van der Waals surface area (Å²) in [5.41, 5.74) is 0.499. The first-order valence-electron chi connectivity index (χ1n) is 13.1. The van der Waals surface area contributed by atoms with Crippen molar-refractivity contribution >= 4 is 22.1 Å². The molecule has 1 amide bonds. The van der Waals surface area contributed by atoms with Crippen molar-refractivity contribution in [2.75, 3.05) is 19.9 Å². The summed E-state index contributed by atoms with van der Waals surface area (Å²) in [5.74, 6) is -1.02. The third-order valence-electron chi connectivity index (χ3n) is 6.34. The van der Waals surface area contributed by atoms with Gasteiger partial charge in [-0.3, -0.25) is 4.79 Å². The van der Waals surface area contributed by atoms with Gasteiger partial charge in [0, 0.05) is 5.56 Å². The van der Waals surface area contributed by atoms with Crippen LogP contribution in [0.4, 0.5) is 18.0 Å². The Labute approximate surface area is 249 Å². The van der Waals surface area contributed by atoms with Crippen LogP contribution in [0, 0.1) is 12.1 Å². The van der Waals surface area contributed by atoms with Crippen molar-refractivity contribution < 1.29 is 50.5 Å². The molecule has 236 valence electrons. The Morgan fingerprint density at radius 2 is 1.82 bits per heavy atom. The third-order valence-corrected chi connectivity index (χ3v) is 7.70. The standard InChI is InChI=1S/C26H27F3N6O8S/c1-3-41-25(37)42-16-43-32-35(38)33-14-4-5-21(33)24(36)31-44(39,40)20-12-10-19(11-13-20)34-22(15-23(30-34)26(27,28)29)18-8-6-17(2)7-9-18/h6-13,15,21H,3-5,14,16H2,1-2H3,(H,31,36)/b35-32-/t21-/m0/s1. The van der Waals surface area contributed by atoms with Crippen molar-refractivity contribution in [3.8, 4) is 16.9 Å². The van der Waals surface area contributed by atoms with Crippen LogP contribution in [0.25, 0.3) is 16.9 Å². The Morgan fingerprint density at radius 1 is 1.14 bits per heavy atom. The van der Waals surface area contributed by atoms with Gasteiger partial charge in [0.05, 0.1) is 34.4 Å². The van der Waals surface area contributed by atoms with Gasteiger partial charge in [0.1, 0.15) is 0 Å². The molecule has 1 saturated heterocycles. The highest BCUT2D eigenvalue weighted by Gasteiger charge is 2.39. The van der Waals surface area contributed by atoms with Crippen LogP contribution in [-0.2, 0) is 35.3 Å². The first kappa shape index (κ1) is 32.1. The average Bonchev–Trinajstić information content (AvgIpc) is 3.64. The topological polar surface area (TPSA) is 167 Å². The first-order valence-corrected chi connectivity index (χ1v) is 14.6. The quantitative estimate of drug-likeness (QED) is 0.0852. The summed E-state index contributed by atoms with van der Waals surface area (Å²) in [6.07, 6.45) is -5.29. The van der Waals surface area contributed by atoms with E-state index in [2.05, 4.69) is 24.7 Å². The van der Waals surface area contributed by atoms with Gasteiger partial charge in [0.25, 0.3) is 22.7 Å². The van der Waals surface area contributed by atoms with Gasteiger partial charge in [-0.25, -0.2) is 22.6 Å². The molecule has 1 aliphatic heterocycles. The van der Waals surface area contributed by atoms with Gasteiger partial charge in [0.15, 0.2) is 11.7 Å². The van der Waals surface area contributed by atoms with Crippen LogP contribution in [0.15, 0.2) is 64.8 Å². The minimum Gasteiger partial charge on any atom is -0.569 e. The molecule has 1 fully saturated rings. The number of rotatable bonds is 10. The van der Waals surface area contributed by atoms with Crippen molar-refractivity contribution in [2.45, 2.75) is 43.8 Å². The Kier molecular flexibility index (Phi) is 9.61.